The molecule has 1 N–H and O–H groups in total. The lowest BCUT2D eigenvalue weighted by atomic mass is 10.0. The molecule has 1 rings (SSSR count). The van der Waals surface area contributed by atoms with Gasteiger partial charge in [0.2, 0.25) is 0 Å². The molecule has 0 heterocycles. The Hall–Kier alpha value is -0.570. The highest BCUT2D eigenvalue weighted by molar-refractivity contribution is 5.86. The van der Waals surface area contributed by atoms with Crippen LogP contribution in [0.5, 0.6) is 0 Å². The molecular weight excluding hydrogens is 166 g/mol. The van der Waals surface area contributed by atoms with Gasteiger partial charge in [0.1, 0.15) is 5.54 Å². The van der Waals surface area contributed by atoms with Crippen LogP contribution in [0.2, 0.25) is 0 Å². The van der Waals surface area contributed by atoms with Gasteiger partial charge in [-0.25, -0.2) is 0 Å². The van der Waals surface area contributed by atoms with Crippen LogP contribution < -0.4 is 5.32 Å². The molecule has 0 aliphatic heterocycles. The number of carbonyl (C=O) groups is 1. The predicted octanol–water partition coefficient (Wildman–Crippen LogP) is 1.33. The zero-order valence-corrected chi connectivity index (χ0v) is 9.10. The maximum Gasteiger partial charge on any atom is 0.326 e. The topological polar surface area (TPSA) is 38.3 Å². The molecule has 76 valence electrons. The van der Waals surface area contributed by atoms with Gasteiger partial charge in [0, 0.05) is 6.04 Å². The van der Waals surface area contributed by atoms with Crippen LogP contribution in [0.25, 0.3) is 0 Å². The average Bonchev–Trinajstić information content (AvgIpc) is 2.51. The van der Waals surface area contributed by atoms with Crippen molar-refractivity contribution in [2.75, 3.05) is 7.11 Å². The summed E-state index contributed by atoms with van der Waals surface area (Å²) in [6.07, 6.45) is 0.866. The second-order valence-corrected chi connectivity index (χ2v) is 4.76. The Morgan fingerprint density at radius 2 is 1.92 bits per heavy atom. The summed E-state index contributed by atoms with van der Waals surface area (Å²) in [5.74, 6) is -0.133. The smallest absolute Gasteiger partial charge is 0.326 e. The maximum absolute atomic E-state index is 11.6. The van der Waals surface area contributed by atoms with Gasteiger partial charge in [0.15, 0.2) is 0 Å². The molecule has 0 saturated heterocycles. The second-order valence-electron chi connectivity index (χ2n) is 4.76. The second kappa shape index (κ2) is 2.98. The highest BCUT2D eigenvalue weighted by Crippen LogP contribution is 2.56. The summed E-state index contributed by atoms with van der Waals surface area (Å²) in [6.45, 7) is 8.25. The minimum Gasteiger partial charge on any atom is -0.468 e. The van der Waals surface area contributed by atoms with Crippen molar-refractivity contribution in [3.63, 3.8) is 0 Å². The molecule has 1 unspecified atom stereocenters. The van der Waals surface area contributed by atoms with Crippen molar-refractivity contribution in [3.8, 4) is 0 Å². The zero-order chi connectivity index (χ0) is 10.3. The highest BCUT2D eigenvalue weighted by atomic mass is 16.5. The third kappa shape index (κ3) is 1.57. The molecule has 13 heavy (non-hydrogen) atoms. The lowest BCUT2D eigenvalue weighted by Gasteiger charge is -2.22. The molecule has 0 radical (unpaired) electrons. The maximum atomic E-state index is 11.6. The molecule has 0 spiro atoms. The normalized spacial score (nSPS) is 30.3. The number of hydrogen-bond acceptors (Lipinski definition) is 3. The number of rotatable bonds is 3. The van der Waals surface area contributed by atoms with Crippen molar-refractivity contribution in [3.05, 3.63) is 0 Å². The van der Waals surface area contributed by atoms with Crippen molar-refractivity contribution in [1.29, 1.82) is 0 Å². The first kappa shape index (κ1) is 10.5. The van der Waals surface area contributed by atoms with Crippen LogP contribution in [0.3, 0.4) is 0 Å². The van der Waals surface area contributed by atoms with Gasteiger partial charge in [0.05, 0.1) is 7.11 Å². The molecule has 0 aromatic rings. The summed E-state index contributed by atoms with van der Waals surface area (Å²) in [4.78, 5) is 11.6. The largest absolute Gasteiger partial charge is 0.468 e. The van der Waals surface area contributed by atoms with Crippen LogP contribution in [0, 0.1) is 5.41 Å². The summed E-state index contributed by atoms with van der Waals surface area (Å²) in [7, 11) is 1.44. The minimum absolute atomic E-state index is 0.0321. The van der Waals surface area contributed by atoms with E-state index in [1.807, 2.05) is 13.8 Å². The number of carbonyl (C=O) groups excluding carboxylic acids is 1. The molecule has 0 aromatic heterocycles. The fourth-order valence-corrected chi connectivity index (χ4v) is 1.94. The van der Waals surface area contributed by atoms with Gasteiger partial charge in [-0.1, -0.05) is 13.8 Å². The van der Waals surface area contributed by atoms with Gasteiger partial charge in [-0.3, -0.25) is 10.1 Å². The van der Waals surface area contributed by atoms with Gasteiger partial charge >= 0.3 is 5.97 Å². The third-order valence-electron chi connectivity index (χ3n) is 2.81. The van der Waals surface area contributed by atoms with E-state index in [0.29, 0.717) is 6.04 Å². The standard InChI is InChI=1S/C10H19NO2/c1-7(2)11-10(8(12)13-5)6-9(10,3)4/h7,11H,6H2,1-5H3. The first-order valence-corrected chi connectivity index (χ1v) is 4.72. The number of nitrogens with one attached hydrogen (secondary N) is 1. The SMILES string of the molecule is COC(=O)C1(NC(C)C)CC1(C)C. The minimum atomic E-state index is -0.435. The van der Waals surface area contributed by atoms with Crippen LogP contribution in [-0.4, -0.2) is 24.7 Å². The van der Waals surface area contributed by atoms with Gasteiger partial charge in [0.25, 0.3) is 0 Å². The number of esters is 1. The summed E-state index contributed by atoms with van der Waals surface area (Å²) < 4.78 is 4.81. The van der Waals surface area contributed by atoms with Crippen molar-refractivity contribution in [1.82, 2.24) is 5.32 Å². The van der Waals surface area contributed by atoms with E-state index in [-0.39, 0.29) is 11.4 Å². The summed E-state index contributed by atoms with van der Waals surface area (Å²) >= 11 is 0. The van der Waals surface area contributed by atoms with E-state index in [9.17, 15) is 4.79 Å². The van der Waals surface area contributed by atoms with Gasteiger partial charge in [-0.2, -0.15) is 0 Å². The molecule has 3 nitrogen and oxygen atoms in total. The molecule has 1 atom stereocenters. The van der Waals surface area contributed by atoms with E-state index < -0.39 is 5.54 Å². The highest BCUT2D eigenvalue weighted by Gasteiger charge is 2.67. The van der Waals surface area contributed by atoms with Gasteiger partial charge < -0.3 is 4.74 Å². The Morgan fingerprint density at radius 3 is 2.15 bits per heavy atom. The fraction of sp³-hybridized carbons (Fsp3) is 0.900. The molecule has 0 amide bonds. The molecule has 3 heteroatoms. The Balaban J connectivity index is 2.75. The Labute approximate surface area is 79.8 Å². The Bertz CT molecular complexity index is 223. The zero-order valence-electron chi connectivity index (χ0n) is 9.10. The van der Waals surface area contributed by atoms with Crippen LogP contribution >= 0.6 is 0 Å². The van der Waals surface area contributed by atoms with E-state index in [2.05, 4.69) is 19.2 Å². The van der Waals surface area contributed by atoms with Crippen molar-refractivity contribution in [2.45, 2.75) is 45.7 Å². The Kier molecular flexibility index (Phi) is 2.41. The first-order chi connectivity index (χ1) is 5.85. The molecule has 0 bridgehead atoms. The Morgan fingerprint density at radius 1 is 1.46 bits per heavy atom. The first-order valence-electron chi connectivity index (χ1n) is 4.72. The van der Waals surface area contributed by atoms with E-state index in [4.69, 9.17) is 4.74 Å². The van der Waals surface area contributed by atoms with Crippen LogP contribution in [0.4, 0.5) is 0 Å². The fourth-order valence-electron chi connectivity index (χ4n) is 1.94. The summed E-state index contributed by atoms with van der Waals surface area (Å²) in [5.41, 5.74) is -0.402. The van der Waals surface area contributed by atoms with Crippen LogP contribution in [0.1, 0.15) is 34.1 Å². The number of hydrogen-bond donors (Lipinski definition) is 1. The van der Waals surface area contributed by atoms with E-state index in [1.54, 1.807) is 0 Å². The van der Waals surface area contributed by atoms with E-state index in [0.717, 1.165) is 6.42 Å². The lowest BCUT2D eigenvalue weighted by Crippen LogP contribution is -2.47. The summed E-state index contributed by atoms with van der Waals surface area (Å²) in [5, 5.41) is 3.30. The lowest BCUT2D eigenvalue weighted by molar-refractivity contribution is -0.145. The molecule has 1 fully saturated rings. The quantitative estimate of drug-likeness (QED) is 0.674. The van der Waals surface area contributed by atoms with E-state index in [1.165, 1.54) is 7.11 Å². The van der Waals surface area contributed by atoms with Crippen molar-refractivity contribution in [2.24, 2.45) is 5.41 Å². The molecule has 1 aliphatic rings. The van der Waals surface area contributed by atoms with Crippen LogP contribution in [0.15, 0.2) is 0 Å². The molecule has 1 aliphatic carbocycles. The van der Waals surface area contributed by atoms with Crippen molar-refractivity contribution < 1.29 is 9.53 Å². The number of methoxy groups -OCH3 is 1. The average molecular weight is 185 g/mol. The molecular formula is C10H19NO2. The summed E-state index contributed by atoms with van der Waals surface area (Å²) in [6, 6.07) is 0.306. The van der Waals surface area contributed by atoms with Crippen molar-refractivity contribution >= 4 is 5.97 Å². The number of ether oxygens (including phenoxy) is 1. The van der Waals surface area contributed by atoms with E-state index >= 15 is 0 Å². The van der Waals surface area contributed by atoms with Crippen LogP contribution in [-0.2, 0) is 9.53 Å². The molecule has 1 saturated carbocycles. The molecule has 0 aromatic carbocycles. The predicted molar refractivity (Wildman–Crippen MR) is 51.4 cm³/mol. The van der Waals surface area contributed by atoms with Gasteiger partial charge in [-0.05, 0) is 25.7 Å². The third-order valence-corrected chi connectivity index (χ3v) is 2.81. The van der Waals surface area contributed by atoms with Gasteiger partial charge in [-0.15, -0.1) is 0 Å². The monoisotopic (exact) mass is 185 g/mol.